The summed E-state index contributed by atoms with van der Waals surface area (Å²) >= 11 is 6.03. The highest BCUT2D eigenvalue weighted by molar-refractivity contribution is 7.89. The standard InChI is InChI=1S/C18H23ClN4O2S/c1-20-18(23(3)13-15-5-4-6-16(19)11-15)22-12-14-7-9-17(10-8-14)26(24,25)21-2/h4-11,21H,12-13H2,1-3H3,(H,20,22). The van der Waals surface area contributed by atoms with Crippen LogP contribution in [-0.4, -0.2) is 40.4 Å². The molecule has 0 spiro atoms. The maximum absolute atomic E-state index is 11.7. The molecular weight excluding hydrogens is 372 g/mol. The molecule has 140 valence electrons. The number of benzene rings is 2. The molecule has 2 aromatic rings. The van der Waals surface area contributed by atoms with E-state index < -0.39 is 10.0 Å². The van der Waals surface area contributed by atoms with Crippen LogP contribution < -0.4 is 10.0 Å². The van der Waals surface area contributed by atoms with E-state index in [9.17, 15) is 8.42 Å². The molecule has 0 saturated carbocycles. The van der Waals surface area contributed by atoms with Crippen LogP contribution in [0.4, 0.5) is 0 Å². The lowest BCUT2D eigenvalue weighted by Gasteiger charge is -2.22. The Bertz CT molecular complexity index is 867. The summed E-state index contributed by atoms with van der Waals surface area (Å²) in [5.41, 5.74) is 2.04. The maximum atomic E-state index is 11.7. The number of halogens is 1. The van der Waals surface area contributed by atoms with Gasteiger partial charge in [-0.25, -0.2) is 13.1 Å². The molecule has 2 N–H and O–H groups in total. The lowest BCUT2D eigenvalue weighted by Crippen LogP contribution is -2.38. The minimum absolute atomic E-state index is 0.242. The van der Waals surface area contributed by atoms with Crippen LogP contribution in [0.2, 0.25) is 5.02 Å². The third-order valence-electron chi connectivity index (χ3n) is 3.84. The van der Waals surface area contributed by atoms with Crippen LogP contribution in [0, 0.1) is 0 Å². The quantitative estimate of drug-likeness (QED) is 0.583. The first-order valence-corrected chi connectivity index (χ1v) is 9.90. The Morgan fingerprint density at radius 1 is 1.15 bits per heavy atom. The van der Waals surface area contributed by atoms with E-state index in [1.165, 1.54) is 7.05 Å². The fourth-order valence-corrected chi connectivity index (χ4v) is 3.40. The van der Waals surface area contributed by atoms with Crippen molar-refractivity contribution in [1.82, 2.24) is 14.9 Å². The number of sulfonamides is 1. The number of guanidine groups is 1. The Morgan fingerprint density at radius 3 is 2.42 bits per heavy atom. The zero-order valence-corrected chi connectivity index (χ0v) is 16.6. The fourth-order valence-electron chi connectivity index (χ4n) is 2.45. The van der Waals surface area contributed by atoms with Crippen LogP contribution in [0.25, 0.3) is 0 Å². The van der Waals surface area contributed by atoms with Crippen LogP contribution in [-0.2, 0) is 23.1 Å². The molecule has 6 nitrogen and oxygen atoms in total. The zero-order chi connectivity index (χ0) is 19.2. The molecule has 0 aliphatic heterocycles. The van der Waals surface area contributed by atoms with Gasteiger partial charge in [0, 0.05) is 32.2 Å². The van der Waals surface area contributed by atoms with E-state index in [2.05, 4.69) is 15.0 Å². The summed E-state index contributed by atoms with van der Waals surface area (Å²) < 4.78 is 25.8. The largest absolute Gasteiger partial charge is 0.352 e. The van der Waals surface area contributed by atoms with Crippen molar-refractivity contribution in [2.75, 3.05) is 21.1 Å². The molecule has 0 heterocycles. The van der Waals surface area contributed by atoms with Gasteiger partial charge < -0.3 is 10.2 Å². The van der Waals surface area contributed by atoms with Gasteiger partial charge in [0.2, 0.25) is 10.0 Å². The van der Waals surface area contributed by atoms with E-state index >= 15 is 0 Å². The molecule has 0 radical (unpaired) electrons. The third-order valence-corrected chi connectivity index (χ3v) is 5.50. The minimum Gasteiger partial charge on any atom is -0.352 e. The first-order valence-electron chi connectivity index (χ1n) is 8.04. The van der Waals surface area contributed by atoms with Crippen molar-refractivity contribution in [2.45, 2.75) is 18.0 Å². The summed E-state index contributed by atoms with van der Waals surface area (Å²) in [7, 11) is 1.64. The monoisotopic (exact) mass is 394 g/mol. The second-order valence-corrected chi connectivity index (χ2v) is 8.06. The highest BCUT2D eigenvalue weighted by Gasteiger charge is 2.11. The van der Waals surface area contributed by atoms with Crippen molar-refractivity contribution in [2.24, 2.45) is 4.99 Å². The Kier molecular flexibility index (Phi) is 7.02. The van der Waals surface area contributed by atoms with Gasteiger partial charge in [-0.3, -0.25) is 4.99 Å². The topological polar surface area (TPSA) is 73.8 Å². The second kappa shape index (κ2) is 9.02. The summed E-state index contributed by atoms with van der Waals surface area (Å²) in [4.78, 5) is 6.52. The molecular formula is C18H23ClN4O2S. The predicted octanol–water partition coefficient (Wildman–Crippen LogP) is 2.46. The molecule has 0 fully saturated rings. The van der Waals surface area contributed by atoms with Crippen molar-refractivity contribution >= 4 is 27.6 Å². The highest BCUT2D eigenvalue weighted by atomic mass is 35.5. The number of hydrogen-bond acceptors (Lipinski definition) is 3. The molecule has 2 rings (SSSR count). The first-order chi connectivity index (χ1) is 12.4. The number of nitrogens with one attached hydrogen (secondary N) is 2. The van der Waals surface area contributed by atoms with Crippen LogP contribution in [0.5, 0.6) is 0 Å². The average Bonchev–Trinajstić information content (AvgIpc) is 2.62. The molecule has 0 saturated heterocycles. The summed E-state index contributed by atoms with van der Waals surface area (Å²) in [5, 5.41) is 3.97. The van der Waals surface area contributed by atoms with Gasteiger partial charge in [0.15, 0.2) is 5.96 Å². The molecule has 0 amide bonds. The molecule has 0 aliphatic rings. The van der Waals surface area contributed by atoms with Gasteiger partial charge in [-0.05, 0) is 42.4 Å². The molecule has 0 aliphatic carbocycles. The third kappa shape index (κ3) is 5.45. The fraction of sp³-hybridized carbons (Fsp3) is 0.278. The van der Waals surface area contributed by atoms with Crippen LogP contribution in [0.3, 0.4) is 0 Å². The number of aliphatic imine (C=N–C) groups is 1. The van der Waals surface area contributed by atoms with Gasteiger partial charge in [-0.15, -0.1) is 0 Å². The summed E-state index contributed by atoms with van der Waals surface area (Å²) in [6, 6.07) is 14.4. The lowest BCUT2D eigenvalue weighted by atomic mass is 10.2. The normalized spacial score (nSPS) is 12.1. The molecule has 0 bridgehead atoms. The SMILES string of the molecule is CN=C(NCc1ccc(S(=O)(=O)NC)cc1)N(C)Cc1cccc(Cl)c1. The lowest BCUT2D eigenvalue weighted by molar-refractivity contribution is 0.476. The Balaban J connectivity index is 1.98. The van der Waals surface area contributed by atoms with Crippen LogP contribution >= 0.6 is 11.6 Å². The van der Waals surface area contributed by atoms with Crippen molar-refractivity contribution < 1.29 is 8.42 Å². The van der Waals surface area contributed by atoms with E-state index in [1.54, 1.807) is 31.3 Å². The summed E-state index contributed by atoms with van der Waals surface area (Å²) in [6.45, 7) is 1.20. The summed E-state index contributed by atoms with van der Waals surface area (Å²) in [6.07, 6.45) is 0. The second-order valence-electron chi connectivity index (χ2n) is 5.74. The van der Waals surface area contributed by atoms with E-state index in [-0.39, 0.29) is 4.90 Å². The van der Waals surface area contributed by atoms with Gasteiger partial charge in [0.25, 0.3) is 0 Å². The molecule has 26 heavy (non-hydrogen) atoms. The van der Waals surface area contributed by atoms with Crippen molar-refractivity contribution in [1.29, 1.82) is 0 Å². The van der Waals surface area contributed by atoms with E-state index in [0.717, 1.165) is 17.1 Å². The van der Waals surface area contributed by atoms with Gasteiger partial charge in [0.1, 0.15) is 0 Å². The minimum atomic E-state index is -3.42. The van der Waals surface area contributed by atoms with Gasteiger partial charge >= 0.3 is 0 Å². The smallest absolute Gasteiger partial charge is 0.240 e. The van der Waals surface area contributed by atoms with Crippen molar-refractivity contribution in [3.63, 3.8) is 0 Å². The molecule has 2 aromatic carbocycles. The predicted molar refractivity (Wildman–Crippen MR) is 106 cm³/mol. The molecule has 8 heteroatoms. The van der Waals surface area contributed by atoms with Gasteiger partial charge in [-0.1, -0.05) is 35.9 Å². The zero-order valence-electron chi connectivity index (χ0n) is 15.0. The van der Waals surface area contributed by atoms with E-state index in [4.69, 9.17) is 11.6 Å². The average molecular weight is 395 g/mol. The molecule has 0 unspecified atom stereocenters. The molecule has 0 aromatic heterocycles. The number of rotatable bonds is 6. The Morgan fingerprint density at radius 2 is 1.85 bits per heavy atom. The highest BCUT2D eigenvalue weighted by Crippen LogP contribution is 2.13. The van der Waals surface area contributed by atoms with E-state index in [0.29, 0.717) is 18.1 Å². The van der Waals surface area contributed by atoms with Crippen molar-refractivity contribution in [3.8, 4) is 0 Å². The Hall–Kier alpha value is -2.09. The van der Waals surface area contributed by atoms with Gasteiger partial charge in [-0.2, -0.15) is 0 Å². The van der Waals surface area contributed by atoms with Crippen LogP contribution in [0.15, 0.2) is 58.4 Å². The maximum Gasteiger partial charge on any atom is 0.240 e. The van der Waals surface area contributed by atoms with Crippen LogP contribution in [0.1, 0.15) is 11.1 Å². The van der Waals surface area contributed by atoms with E-state index in [1.807, 2.05) is 36.2 Å². The molecule has 0 atom stereocenters. The first kappa shape index (κ1) is 20.2. The van der Waals surface area contributed by atoms with Crippen molar-refractivity contribution in [3.05, 3.63) is 64.7 Å². The number of nitrogens with zero attached hydrogens (tertiary/aromatic N) is 2. The summed E-state index contributed by atoms with van der Waals surface area (Å²) in [5.74, 6) is 0.733. The van der Waals surface area contributed by atoms with Gasteiger partial charge in [0.05, 0.1) is 4.90 Å². The number of hydrogen-bond donors (Lipinski definition) is 2. The Labute approximate surface area is 159 Å².